The summed E-state index contributed by atoms with van der Waals surface area (Å²) < 4.78 is 5.06. The van der Waals surface area contributed by atoms with Crippen LogP contribution < -0.4 is 10.1 Å². The lowest BCUT2D eigenvalue weighted by Crippen LogP contribution is -2.33. The normalized spacial score (nSPS) is 22.7. The van der Waals surface area contributed by atoms with E-state index in [0.717, 1.165) is 24.4 Å². The molecule has 0 amide bonds. The Morgan fingerprint density at radius 1 is 1.41 bits per heavy atom. The summed E-state index contributed by atoms with van der Waals surface area (Å²) in [5.74, 6) is 1.25. The van der Waals surface area contributed by atoms with Crippen LogP contribution in [0.15, 0.2) is 18.2 Å². The molecule has 0 bridgehead atoms. The van der Waals surface area contributed by atoms with Gasteiger partial charge in [-0.25, -0.2) is 0 Å². The zero-order valence-corrected chi connectivity index (χ0v) is 9.97. The zero-order chi connectivity index (χ0) is 12.4. The lowest BCUT2D eigenvalue weighted by molar-refractivity contribution is -0.384. The fourth-order valence-electron chi connectivity index (χ4n) is 2.15. The lowest BCUT2D eigenvalue weighted by Gasteiger charge is -2.34. The van der Waals surface area contributed by atoms with Gasteiger partial charge in [-0.15, -0.1) is 0 Å². The van der Waals surface area contributed by atoms with Gasteiger partial charge in [0.25, 0.3) is 5.69 Å². The molecule has 5 heteroatoms. The molecule has 5 nitrogen and oxygen atoms in total. The molecule has 0 atom stereocenters. The van der Waals surface area contributed by atoms with Gasteiger partial charge in [0, 0.05) is 23.9 Å². The van der Waals surface area contributed by atoms with Crippen LogP contribution in [-0.4, -0.2) is 18.1 Å². The van der Waals surface area contributed by atoms with Gasteiger partial charge in [-0.05, 0) is 18.8 Å². The Hall–Kier alpha value is -1.78. The maximum atomic E-state index is 10.8. The second-order valence-electron chi connectivity index (χ2n) is 4.59. The van der Waals surface area contributed by atoms with Crippen molar-refractivity contribution in [3.8, 4) is 5.75 Å². The largest absolute Gasteiger partial charge is 0.496 e. The molecule has 1 aliphatic carbocycles. The number of hydrogen-bond acceptors (Lipinski definition) is 4. The molecular formula is C12H16N2O3. The van der Waals surface area contributed by atoms with Crippen LogP contribution in [0.5, 0.6) is 5.75 Å². The van der Waals surface area contributed by atoms with Gasteiger partial charge in [0.1, 0.15) is 5.75 Å². The third kappa shape index (κ3) is 2.67. The Bertz CT molecular complexity index is 428. The van der Waals surface area contributed by atoms with Crippen molar-refractivity contribution in [2.24, 2.45) is 5.92 Å². The summed E-state index contributed by atoms with van der Waals surface area (Å²) >= 11 is 0. The highest BCUT2D eigenvalue weighted by Crippen LogP contribution is 2.32. The minimum Gasteiger partial charge on any atom is -0.496 e. The van der Waals surface area contributed by atoms with Crippen LogP contribution in [-0.2, 0) is 0 Å². The van der Waals surface area contributed by atoms with E-state index >= 15 is 0 Å². The number of non-ortho nitro benzene ring substituents is 1. The summed E-state index contributed by atoms with van der Waals surface area (Å²) in [6.45, 7) is 2.20. The summed E-state index contributed by atoms with van der Waals surface area (Å²) in [5, 5.41) is 14.1. The van der Waals surface area contributed by atoms with E-state index in [9.17, 15) is 10.1 Å². The number of nitro groups is 1. The molecule has 2 rings (SSSR count). The molecule has 1 aromatic rings. The van der Waals surface area contributed by atoms with Crippen molar-refractivity contribution >= 4 is 11.4 Å². The van der Waals surface area contributed by atoms with Crippen LogP contribution >= 0.6 is 0 Å². The number of ether oxygens (including phenoxy) is 1. The third-order valence-electron chi connectivity index (χ3n) is 3.08. The summed E-state index contributed by atoms with van der Waals surface area (Å²) in [4.78, 5) is 10.4. The van der Waals surface area contributed by atoms with E-state index in [2.05, 4.69) is 12.2 Å². The van der Waals surface area contributed by atoms with Crippen LogP contribution in [0.3, 0.4) is 0 Å². The Labute approximate surface area is 99.9 Å². The number of hydrogen-bond donors (Lipinski definition) is 1. The molecule has 0 unspecified atom stereocenters. The molecule has 1 N–H and O–H groups in total. The van der Waals surface area contributed by atoms with Crippen molar-refractivity contribution in [2.75, 3.05) is 12.4 Å². The van der Waals surface area contributed by atoms with E-state index in [-0.39, 0.29) is 5.69 Å². The van der Waals surface area contributed by atoms with Gasteiger partial charge in [-0.3, -0.25) is 10.1 Å². The molecule has 0 radical (unpaired) electrons. The van der Waals surface area contributed by atoms with E-state index in [4.69, 9.17) is 4.74 Å². The van der Waals surface area contributed by atoms with E-state index < -0.39 is 4.92 Å². The molecule has 0 aromatic heterocycles. The topological polar surface area (TPSA) is 64.4 Å². The minimum atomic E-state index is -0.406. The standard InChI is InChI=1S/C12H16N2O3/c1-8-3-9(4-8)13-10-5-11(14(15)16)7-12(6-10)17-2/h5-9,13H,3-4H2,1-2H3. The number of anilines is 1. The first kappa shape index (κ1) is 11.7. The Morgan fingerprint density at radius 3 is 2.65 bits per heavy atom. The molecule has 17 heavy (non-hydrogen) atoms. The minimum absolute atomic E-state index is 0.0548. The zero-order valence-electron chi connectivity index (χ0n) is 9.97. The van der Waals surface area contributed by atoms with Gasteiger partial charge in [-0.1, -0.05) is 6.92 Å². The van der Waals surface area contributed by atoms with Gasteiger partial charge in [-0.2, -0.15) is 0 Å². The maximum absolute atomic E-state index is 10.8. The highest BCUT2D eigenvalue weighted by molar-refractivity contribution is 5.57. The Morgan fingerprint density at radius 2 is 2.12 bits per heavy atom. The van der Waals surface area contributed by atoms with Gasteiger partial charge in [0.15, 0.2) is 0 Å². The number of methoxy groups -OCH3 is 1. The monoisotopic (exact) mass is 236 g/mol. The molecule has 1 saturated carbocycles. The highest BCUT2D eigenvalue weighted by Gasteiger charge is 2.25. The van der Waals surface area contributed by atoms with E-state index in [1.807, 2.05) is 0 Å². The maximum Gasteiger partial charge on any atom is 0.275 e. The van der Waals surface area contributed by atoms with E-state index in [1.165, 1.54) is 13.2 Å². The SMILES string of the molecule is COc1cc(NC2CC(C)C2)cc([N+](=O)[O-])c1. The molecular weight excluding hydrogens is 220 g/mol. The van der Waals surface area contributed by atoms with Crippen LogP contribution in [0.25, 0.3) is 0 Å². The number of nitrogens with zero attached hydrogens (tertiary/aromatic N) is 1. The fourth-order valence-corrected chi connectivity index (χ4v) is 2.15. The first-order valence-corrected chi connectivity index (χ1v) is 5.68. The molecule has 0 aliphatic heterocycles. The number of nitro benzene ring substituents is 1. The van der Waals surface area contributed by atoms with Crippen LogP contribution in [0.2, 0.25) is 0 Å². The van der Waals surface area contributed by atoms with Crippen LogP contribution in [0, 0.1) is 16.0 Å². The van der Waals surface area contributed by atoms with E-state index in [1.54, 1.807) is 12.1 Å². The average molecular weight is 236 g/mol. The fraction of sp³-hybridized carbons (Fsp3) is 0.500. The molecule has 92 valence electrons. The van der Waals surface area contributed by atoms with Gasteiger partial charge < -0.3 is 10.1 Å². The number of benzene rings is 1. The van der Waals surface area contributed by atoms with Crippen molar-refractivity contribution in [2.45, 2.75) is 25.8 Å². The molecule has 1 aliphatic rings. The summed E-state index contributed by atoms with van der Waals surface area (Å²) in [7, 11) is 1.51. The van der Waals surface area contributed by atoms with Gasteiger partial charge in [0.2, 0.25) is 0 Å². The molecule has 1 fully saturated rings. The third-order valence-corrected chi connectivity index (χ3v) is 3.08. The van der Waals surface area contributed by atoms with Gasteiger partial charge >= 0.3 is 0 Å². The van der Waals surface area contributed by atoms with Crippen LogP contribution in [0.1, 0.15) is 19.8 Å². The molecule has 0 heterocycles. The summed E-state index contributed by atoms with van der Waals surface area (Å²) in [5.41, 5.74) is 0.812. The molecule has 1 aromatic carbocycles. The smallest absolute Gasteiger partial charge is 0.275 e. The summed E-state index contributed by atoms with van der Waals surface area (Å²) in [6, 6.07) is 5.19. The second-order valence-corrected chi connectivity index (χ2v) is 4.59. The molecule has 0 spiro atoms. The van der Waals surface area contributed by atoms with Crippen LogP contribution in [0.4, 0.5) is 11.4 Å². The Balaban J connectivity index is 2.15. The predicted octanol–water partition coefficient (Wildman–Crippen LogP) is 2.81. The number of rotatable bonds is 4. The average Bonchev–Trinajstić information content (AvgIpc) is 2.26. The summed E-state index contributed by atoms with van der Waals surface area (Å²) in [6.07, 6.45) is 2.23. The predicted molar refractivity (Wildman–Crippen MR) is 65.5 cm³/mol. The van der Waals surface area contributed by atoms with Crippen molar-refractivity contribution in [3.05, 3.63) is 28.3 Å². The van der Waals surface area contributed by atoms with E-state index in [0.29, 0.717) is 11.8 Å². The lowest BCUT2D eigenvalue weighted by atomic mass is 9.82. The first-order chi connectivity index (χ1) is 8.08. The second kappa shape index (κ2) is 4.61. The van der Waals surface area contributed by atoms with Gasteiger partial charge in [0.05, 0.1) is 18.1 Å². The first-order valence-electron chi connectivity index (χ1n) is 5.68. The van der Waals surface area contributed by atoms with Crippen molar-refractivity contribution in [1.82, 2.24) is 0 Å². The van der Waals surface area contributed by atoms with Crippen molar-refractivity contribution in [3.63, 3.8) is 0 Å². The molecule has 0 saturated heterocycles. The van der Waals surface area contributed by atoms with Crippen molar-refractivity contribution in [1.29, 1.82) is 0 Å². The van der Waals surface area contributed by atoms with Crippen molar-refractivity contribution < 1.29 is 9.66 Å². The number of nitrogens with one attached hydrogen (secondary N) is 1. The highest BCUT2D eigenvalue weighted by atomic mass is 16.6. The quantitative estimate of drug-likeness (QED) is 0.645. The Kier molecular flexibility index (Phi) is 3.17.